The highest BCUT2D eigenvalue weighted by molar-refractivity contribution is 7.99. The zero-order valence-corrected chi connectivity index (χ0v) is 14.5. The highest BCUT2D eigenvalue weighted by atomic mass is 32.2. The summed E-state index contributed by atoms with van der Waals surface area (Å²) >= 11 is 1.46. The van der Waals surface area contributed by atoms with Gasteiger partial charge in [0.2, 0.25) is 0 Å². The van der Waals surface area contributed by atoms with Gasteiger partial charge in [0.1, 0.15) is 17.7 Å². The Labute approximate surface area is 143 Å². The summed E-state index contributed by atoms with van der Waals surface area (Å²) in [5.41, 5.74) is 3.24. The first-order chi connectivity index (χ1) is 11.4. The highest BCUT2D eigenvalue weighted by Crippen LogP contribution is 2.43. The number of aromatic nitrogens is 1. The number of carboxylic acid groups (broad SMARTS) is 1. The van der Waals surface area contributed by atoms with Crippen molar-refractivity contribution < 1.29 is 19.1 Å². The second-order valence-corrected chi connectivity index (χ2v) is 6.98. The highest BCUT2D eigenvalue weighted by Gasteiger charge is 2.43. The van der Waals surface area contributed by atoms with Gasteiger partial charge < -0.3 is 14.4 Å². The van der Waals surface area contributed by atoms with Gasteiger partial charge >= 0.3 is 5.97 Å². The standard InChI is InChI=1S/C17H18N2O4S/c1-9-4-5-12(10(2)6-9)16-19(14(8-24-16)17(21)22)15(20)13-7-23-11(3)18-13/h4-7,14,16H,8H2,1-3H3,(H,21,22). The summed E-state index contributed by atoms with van der Waals surface area (Å²) in [4.78, 5) is 29.9. The van der Waals surface area contributed by atoms with Crippen LogP contribution in [-0.4, -0.2) is 38.7 Å². The monoisotopic (exact) mass is 346 g/mol. The molecular weight excluding hydrogens is 328 g/mol. The molecule has 2 unspecified atom stereocenters. The van der Waals surface area contributed by atoms with Crippen LogP contribution in [0.15, 0.2) is 28.9 Å². The third kappa shape index (κ3) is 2.91. The average Bonchev–Trinajstić information content (AvgIpc) is 3.13. The van der Waals surface area contributed by atoms with Crippen LogP contribution in [0.1, 0.15) is 38.4 Å². The Morgan fingerprint density at radius 3 is 2.67 bits per heavy atom. The molecule has 1 amide bonds. The fraction of sp³-hybridized carbons (Fsp3) is 0.353. The number of thioether (sulfide) groups is 1. The molecule has 0 aliphatic carbocycles. The van der Waals surface area contributed by atoms with Gasteiger partial charge in [-0.05, 0) is 25.0 Å². The molecule has 1 N–H and O–H groups in total. The summed E-state index contributed by atoms with van der Waals surface area (Å²) in [6.45, 7) is 5.62. The van der Waals surface area contributed by atoms with E-state index in [-0.39, 0.29) is 11.1 Å². The van der Waals surface area contributed by atoms with Crippen LogP contribution < -0.4 is 0 Å². The Balaban J connectivity index is 2.01. The summed E-state index contributed by atoms with van der Waals surface area (Å²) in [6.07, 6.45) is 1.28. The third-order valence-corrected chi connectivity index (χ3v) is 5.35. The van der Waals surface area contributed by atoms with E-state index in [1.54, 1.807) is 6.92 Å². The average molecular weight is 346 g/mol. The molecule has 3 rings (SSSR count). The van der Waals surface area contributed by atoms with Crippen molar-refractivity contribution in [2.45, 2.75) is 32.2 Å². The lowest BCUT2D eigenvalue weighted by Crippen LogP contribution is -2.43. The number of rotatable bonds is 3. The molecule has 0 bridgehead atoms. The van der Waals surface area contributed by atoms with Gasteiger partial charge in [-0.3, -0.25) is 4.79 Å². The van der Waals surface area contributed by atoms with E-state index in [2.05, 4.69) is 4.98 Å². The van der Waals surface area contributed by atoms with Crippen LogP contribution in [0.5, 0.6) is 0 Å². The molecular formula is C17H18N2O4S. The maximum atomic E-state index is 12.9. The number of carboxylic acids is 1. The van der Waals surface area contributed by atoms with E-state index in [1.165, 1.54) is 22.9 Å². The predicted molar refractivity (Wildman–Crippen MR) is 89.9 cm³/mol. The van der Waals surface area contributed by atoms with Crippen molar-refractivity contribution in [2.75, 3.05) is 5.75 Å². The van der Waals surface area contributed by atoms with Gasteiger partial charge in [-0.2, -0.15) is 0 Å². The molecule has 2 aromatic rings. The van der Waals surface area contributed by atoms with Gasteiger partial charge in [-0.1, -0.05) is 23.8 Å². The smallest absolute Gasteiger partial charge is 0.327 e. The summed E-state index contributed by atoms with van der Waals surface area (Å²) in [5.74, 6) is -0.715. The van der Waals surface area contributed by atoms with Crippen LogP contribution in [0.25, 0.3) is 0 Å². The van der Waals surface area contributed by atoms with Crippen molar-refractivity contribution in [3.05, 3.63) is 52.7 Å². The molecule has 1 fully saturated rings. The van der Waals surface area contributed by atoms with Crippen LogP contribution >= 0.6 is 11.8 Å². The molecule has 1 aliphatic rings. The van der Waals surface area contributed by atoms with Gasteiger partial charge in [-0.25, -0.2) is 9.78 Å². The molecule has 7 heteroatoms. The minimum atomic E-state index is -1.01. The Kier molecular flexibility index (Phi) is 4.36. The third-order valence-electron chi connectivity index (χ3n) is 4.05. The van der Waals surface area contributed by atoms with Crippen molar-refractivity contribution in [1.29, 1.82) is 0 Å². The number of hydrogen-bond acceptors (Lipinski definition) is 5. The Bertz CT molecular complexity index is 802. The summed E-state index contributed by atoms with van der Waals surface area (Å²) in [6, 6.07) is 5.08. The molecule has 1 saturated heterocycles. The molecule has 0 radical (unpaired) electrons. The second-order valence-electron chi connectivity index (χ2n) is 5.86. The van der Waals surface area contributed by atoms with Crippen molar-refractivity contribution >= 4 is 23.6 Å². The number of hydrogen-bond donors (Lipinski definition) is 1. The second kappa shape index (κ2) is 6.32. The van der Waals surface area contributed by atoms with E-state index < -0.39 is 17.9 Å². The quantitative estimate of drug-likeness (QED) is 0.920. The van der Waals surface area contributed by atoms with Crippen LogP contribution in [0.4, 0.5) is 0 Å². The molecule has 126 valence electrons. The fourth-order valence-electron chi connectivity index (χ4n) is 2.88. The number of carbonyl (C=O) groups is 2. The molecule has 1 aliphatic heterocycles. The number of amides is 1. The van der Waals surface area contributed by atoms with Crippen molar-refractivity contribution in [1.82, 2.24) is 9.88 Å². The van der Waals surface area contributed by atoms with Crippen molar-refractivity contribution in [3.8, 4) is 0 Å². The Morgan fingerprint density at radius 2 is 2.08 bits per heavy atom. The van der Waals surface area contributed by atoms with Crippen molar-refractivity contribution in [3.63, 3.8) is 0 Å². The van der Waals surface area contributed by atoms with Gasteiger partial charge in [0.05, 0.1) is 0 Å². The first kappa shape index (κ1) is 16.6. The van der Waals surface area contributed by atoms with Crippen LogP contribution in [0.3, 0.4) is 0 Å². The number of benzene rings is 1. The molecule has 1 aromatic heterocycles. The summed E-state index contributed by atoms with van der Waals surface area (Å²) in [7, 11) is 0. The van der Waals surface area contributed by atoms with E-state index in [1.807, 2.05) is 32.0 Å². The molecule has 0 spiro atoms. The van der Waals surface area contributed by atoms with E-state index >= 15 is 0 Å². The van der Waals surface area contributed by atoms with Crippen LogP contribution in [-0.2, 0) is 4.79 Å². The number of aliphatic carboxylic acids is 1. The molecule has 6 nitrogen and oxygen atoms in total. The SMILES string of the molecule is Cc1ccc(C2SCC(C(=O)O)N2C(=O)c2coc(C)n2)c(C)c1. The Hall–Kier alpha value is -2.28. The van der Waals surface area contributed by atoms with E-state index in [0.717, 1.165) is 16.7 Å². The molecule has 2 heterocycles. The molecule has 2 atom stereocenters. The first-order valence-corrected chi connectivity index (χ1v) is 8.59. The van der Waals surface area contributed by atoms with E-state index in [0.29, 0.717) is 11.6 Å². The molecule has 1 aromatic carbocycles. The predicted octanol–water partition coefficient (Wildman–Crippen LogP) is 2.94. The number of carbonyl (C=O) groups excluding carboxylic acids is 1. The largest absolute Gasteiger partial charge is 0.480 e. The maximum absolute atomic E-state index is 12.9. The normalized spacial score (nSPS) is 20.4. The van der Waals surface area contributed by atoms with Gasteiger partial charge in [0.15, 0.2) is 11.6 Å². The summed E-state index contributed by atoms with van der Waals surface area (Å²) in [5, 5.41) is 9.16. The minimum Gasteiger partial charge on any atom is -0.480 e. The van der Waals surface area contributed by atoms with Gasteiger partial charge in [0.25, 0.3) is 5.91 Å². The number of nitrogens with zero attached hydrogens (tertiary/aromatic N) is 2. The van der Waals surface area contributed by atoms with Gasteiger partial charge in [0, 0.05) is 12.7 Å². The lowest BCUT2D eigenvalue weighted by atomic mass is 10.0. The van der Waals surface area contributed by atoms with Gasteiger partial charge in [-0.15, -0.1) is 11.8 Å². The maximum Gasteiger partial charge on any atom is 0.327 e. The topological polar surface area (TPSA) is 83.6 Å². The van der Waals surface area contributed by atoms with E-state index in [9.17, 15) is 14.7 Å². The van der Waals surface area contributed by atoms with Crippen molar-refractivity contribution in [2.24, 2.45) is 0 Å². The van der Waals surface area contributed by atoms with Crippen LogP contribution in [0.2, 0.25) is 0 Å². The minimum absolute atomic E-state index is 0.135. The molecule has 0 saturated carbocycles. The lowest BCUT2D eigenvalue weighted by Gasteiger charge is -2.27. The number of oxazole rings is 1. The fourth-order valence-corrected chi connectivity index (χ4v) is 4.40. The van der Waals surface area contributed by atoms with E-state index in [4.69, 9.17) is 4.42 Å². The summed E-state index contributed by atoms with van der Waals surface area (Å²) < 4.78 is 5.11. The first-order valence-electron chi connectivity index (χ1n) is 7.55. The zero-order chi connectivity index (χ0) is 17.4. The molecule has 24 heavy (non-hydrogen) atoms. The Morgan fingerprint density at radius 1 is 1.33 bits per heavy atom. The van der Waals surface area contributed by atoms with Crippen LogP contribution in [0, 0.1) is 20.8 Å². The number of aryl methyl sites for hydroxylation is 3. The zero-order valence-electron chi connectivity index (χ0n) is 13.6. The lowest BCUT2D eigenvalue weighted by molar-refractivity contribution is -0.141.